The van der Waals surface area contributed by atoms with E-state index in [1.54, 1.807) is 0 Å². The molecule has 1 unspecified atom stereocenters. The van der Waals surface area contributed by atoms with E-state index in [4.69, 9.17) is 9.46 Å². The number of hydrogen-bond acceptors (Lipinski definition) is 1. The molecular formula is C7H10O2PZn+. The van der Waals surface area contributed by atoms with Crippen molar-refractivity contribution in [2.45, 2.75) is 0 Å². The van der Waals surface area contributed by atoms with Gasteiger partial charge in [0.05, 0.1) is 0 Å². The maximum atomic E-state index is 8.51. The van der Waals surface area contributed by atoms with Crippen molar-refractivity contribution < 1.29 is 28.9 Å². The van der Waals surface area contributed by atoms with Gasteiger partial charge in [0, 0.05) is 0 Å². The van der Waals surface area contributed by atoms with E-state index in [1.165, 1.54) is 0 Å². The molecule has 0 aliphatic heterocycles. The molecule has 0 aliphatic rings. The van der Waals surface area contributed by atoms with E-state index >= 15 is 0 Å². The Hall–Kier alpha value is -0.0966. The van der Waals surface area contributed by atoms with Crippen molar-refractivity contribution in [3.05, 3.63) is 43.8 Å². The maximum Gasteiger partial charge on any atom is 2.00 e. The molecule has 0 bridgehead atoms. The van der Waals surface area contributed by atoms with Crippen LogP contribution in [0.2, 0.25) is 0 Å². The molecule has 1 rings (SSSR count). The minimum atomic E-state index is -1.17. The second-order valence-electron chi connectivity index (χ2n) is 1.17. The second kappa shape index (κ2) is 16.5. The summed E-state index contributed by atoms with van der Waals surface area (Å²) in [4.78, 5) is 7.04. The minimum absolute atomic E-state index is 0. The first-order valence-electron chi connectivity index (χ1n) is 2.34. The van der Waals surface area contributed by atoms with Gasteiger partial charge in [-0.25, -0.2) is 0 Å². The molecule has 1 aromatic rings. The van der Waals surface area contributed by atoms with Crippen molar-refractivity contribution in [3.63, 3.8) is 0 Å². The van der Waals surface area contributed by atoms with Crippen molar-refractivity contribution in [2.24, 2.45) is 0 Å². The smallest absolute Gasteiger partial charge is 0.358 e. The Morgan fingerprint density at radius 3 is 1.64 bits per heavy atom. The van der Waals surface area contributed by atoms with E-state index < -0.39 is 8.69 Å². The number of benzene rings is 1. The Labute approximate surface area is 81.7 Å². The van der Waals surface area contributed by atoms with Crippen molar-refractivity contribution in [1.29, 1.82) is 0 Å². The average Bonchev–Trinajstić information content (AvgIpc) is 1.93. The Morgan fingerprint density at radius 2 is 1.55 bits per heavy atom. The molecule has 0 aromatic heterocycles. The Bertz CT molecular complexity index is 120. The molecular weight excluding hydrogens is 212 g/mol. The van der Waals surface area contributed by atoms with Crippen molar-refractivity contribution in [1.82, 2.24) is 0 Å². The number of hydrogen-bond donors (Lipinski definition) is 1. The van der Waals surface area contributed by atoms with Crippen molar-refractivity contribution >= 4 is 8.69 Å². The zero-order chi connectivity index (χ0) is 6.95. The van der Waals surface area contributed by atoms with Gasteiger partial charge < -0.3 is 7.43 Å². The van der Waals surface area contributed by atoms with Crippen LogP contribution in [0.4, 0.5) is 0 Å². The standard InChI is InChI=1S/C6H5.CH3.HO2P.Zn/c1-2-4-6-5-3-1;;1-3-2;/h1-5H;1H3;3H;/q2*-1;;+2/p+1. The first-order chi connectivity index (χ1) is 4.41. The van der Waals surface area contributed by atoms with E-state index in [0.717, 1.165) is 0 Å². The fourth-order valence-corrected chi connectivity index (χ4v) is 0.342. The van der Waals surface area contributed by atoms with Gasteiger partial charge in [0.15, 0.2) is 0 Å². The van der Waals surface area contributed by atoms with Gasteiger partial charge >= 0.3 is 28.2 Å². The van der Waals surface area contributed by atoms with Gasteiger partial charge in [-0.15, -0.1) is 0 Å². The summed E-state index contributed by atoms with van der Waals surface area (Å²) in [6.07, 6.45) is 0. The van der Waals surface area contributed by atoms with E-state index in [2.05, 4.69) is 6.07 Å². The van der Waals surface area contributed by atoms with Crippen molar-refractivity contribution in [3.8, 4) is 0 Å². The molecule has 1 atom stereocenters. The quantitative estimate of drug-likeness (QED) is 0.413. The first kappa shape index (κ1) is 17.1. The van der Waals surface area contributed by atoms with Gasteiger partial charge in [-0.05, 0) is 4.57 Å². The van der Waals surface area contributed by atoms with Crippen LogP contribution in [-0.2, 0) is 24.0 Å². The first-order valence-corrected chi connectivity index (χ1v) is 3.19. The monoisotopic (exact) mass is 221 g/mol. The van der Waals surface area contributed by atoms with Gasteiger partial charge in [0.25, 0.3) is 0 Å². The summed E-state index contributed by atoms with van der Waals surface area (Å²) < 4.78 is 8.51. The predicted octanol–water partition coefficient (Wildman–Crippen LogP) is 1.85. The third kappa shape index (κ3) is 17.8. The molecule has 1 aromatic carbocycles. The summed E-state index contributed by atoms with van der Waals surface area (Å²) in [5.41, 5.74) is 0. The Morgan fingerprint density at radius 1 is 1.18 bits per heavy atom. The van der Waals surface area contributed by atoms with Crippen LogP contribution < -0.4 is 0 Å². The summed E-state index contributed by atoms with van der Waals surface area (Å²) in [5.74, 6) is 0. The van der Waals surface area contributed by atoms with E-state index in [9.17, 15) is 0 Å². The van der Waals surface area contributed by atoms with Crippen LogP contribution in [-0.4, -0.2) is 4.89 Å². The molecule has 2 nitrogen and oxygen atoms in total. The van der Waals surface area contributed by atoms with Crippen LogP contribution in [0.5, 0.6) is 0 Å². The predicted molar refractivity (Wildman–Crippen MR) is 42.9 cm³/mol. The van der Waals surface area contributed by atoms with Crippen LogP contribution in [0.15, 0.2) is 30.3 Å². The molecule has 11 heavy (non-hydrogen) atoms. The fraction of sp³-hybridized carbons (Fsp3) is 0. The molecule has 4 heteroatoms. The van der Waals surface area contributed by atoms with E-state index in [-0.39, 0.29) is 26.9 Å². The maximum absolute atomic E-state index is 8.51. The van der Waals surface area contributed by atoms with Crippen LogP contribution in [0.1, 0.15) is 0 Å². The summed E-state index contributed by atoms with van der Waals surface area (Å²) >= 11 is 0. The van der Waals surface area contributed by atoms with Gasteiger partial charge in [-0.1, -0.05) is 0 Å². The Kier molecular flexibility index (Phi) is 25.6. The summed E-state index contributed by atoms with van der Waals surface area (Å²) in [6, 6.07) is 12.5. The van der Waals surface area contributed by atoms with E-state index in [1.807, 2.05) is 30.3 Å². The molecule has 1 N–H and O–H groups in total. The molecule has 0 heterocycles. The van der Waals surface area contributed by atoms with E-state index in [0.29, 0.717) is 0 Å². The Balaban J connectivity index is -0.000000116. The molecule has 0 saturated carbocycles. The van der Waals surface area contributed by atoms with Gasteiger partial charge in [0.1, 0.15) is 0 Å². The largest absolute Gasteiger partial charge is 2.00 e. The molecule has 0 aliphatic carbocycles. The molecule has 56 valence electrons. The van der Waals surface area contributed by atoms with Crippen molar-refractivity contribution in [2.75, 3.05) is 0 Å². The number of rotatable bonds is 0. The van der Waals surface area contributed by atoms with Gasteiger partial charge in [0.2, 0.25) is 0 Å². The molecule has 0 spiro atoms. The van der Waals surface area contributed by atoms with Crippen LogP contribution in [0.25, 0.3) is 0 Å². The average molecular weight is 223 g/mol. The molecule has 0 amide bonds. The zero-order valence-electron chi connectivity index (χ0n) is 6.45. The zero-order valence-corrected chi connectivity index (χ0v) is 10.4. The summed E-state index contributed by atoms with van der Waals surface area (Å²) in [6.45, 7) is 0. The summed E-state index contributed by atoms with van der Waals surface area (Å²) in [5, 5.41) is 0. The topological polar surface area (TPSA) is 37.3 Å². The van der Waals surface area contributed by atoms with Gasteiger partial charge in [-0.3, -0.25) is 0 Å². The third-order valence-electron chi connectivity index (χ3n) is 0.607. The van der Waals surface area contributed by atoms with Crippen LogP contribution >= 0.6 is 8.69 Å². The minimum Gasteiger partial charge on any atom is -0.358 e. The molecule has 0 fully saturated rings. The molecule has 0 saturated heterocycles. The van der Waals surface area contributed by atoms with Gasteiger partial charge in [-0.2, -0.15) is 41.3 Å². The summed E-state index contributed by atoms with van der Waals surface area (Å²) in [7, 11) is -1.17. The fourth-order valence-electron chi connectivity index (χ4n) is 0.342. The normalized spacial score (nSPS) is 6.27. The third-order valence-corrected chi connectivity index (χ3v) is 0.607. The molecule has 0 radical (unpaired) electrons. The van der Waals surface area contributed by atoms with Crippen LogP contribution in [0, 0.1) is 13.5 Å². The SMILES string of the molecule is O=[PH+]O.[CH3-].[Zn+2].[c-]1ccccc1. The second-order valence-corrected chi connectivity index (χ2v) is 1.35. The van der Waals surface area contributed by atoms with Crippen LogP contribution in [0.3, 0.4) is 0 Å².